The van der Waals surface area contributed by atoms with Crippen molar-refractivity contribution in [1.82, 2.24) is 14.4 Å². The van der Waals surface area contributed by atoms with E-state index in [-0.39, 0.29) is 11.5 Å². The molecule has 1 saturated heterocycles. The summed E-state index contributed by atoms with van der Waals surface area (Å²) in [5.41, 5.74) is 2.25. The van der Waals surface area contributed by atoms with Gasteiger partial charge in [-0.1, -0.05) is 0 Å². The van der Waals surface area contributed by atoms with Crippen LogP contribution in [-0.4, -0.2) is 46.0 Å². The molecule has 5 nitrogen and oxygen atoms in total. The molecule has 23 heavy (non-hydrogen) atoms. The number of fused-ring (bicyclic) bond motifs is 1. The van der Waals surface area contributed by atoms with Gasteiger partial charge in [0.15, 0.2) is 0 Å². The average molecular weight is 317 g/mol. The summed E-state index contributed by atoms with van der Waals surface area (Å²) < 4.78 is 1.61. The minimum absolute atomic E-state index is 0.0320. The van der Waals surface area contributed by atoms with Crippen LogP contribution in [-0.2, 0) is 24.8 Å². The lowest BCUT2D eigenvalue weighted by molar-refractivity contribution is -0.138. The van der Waals surface area contributed by atoms with E-state index in [0.717, 1.165) is 50.0 Å². The zero-order valence-electron chi connectivity index (χ0n) is 14.4. The van der Waals surface area contributed by atoms with Gasteiger partial charge in [0.25, 0.3) is 5.56 Å². The van der Waals surface area contributed by atoms with E-state index in [2.05, 4.69) is 18.7 Å². The highest BCUT2D eigenvalue weighted by Gasteiger charge is 2.31. The lowest BCUT2D eigenvalue weighted by Gasteiger charge is -2.37. The Kier molecular flexibility index (Phi) is 4.57. The maximum absolute atomic E-state index is 12.8. The molecule has 3 heterocycles. The molecule has 1 amide bonds. The number of likely N-dealkylation sites (tertiary alicyclic amines) is 1. The lowest BCUT2D eigenvalue weighted by atomic mass is 9.93. The molecule has 1 aromatic rings. The van der Waals surface area contributed by atoms with Crippen LogP contribution in [0.25, 0.3) is 0 Å². The van der Waals surface area contributed by atoms with Crippen molar-refractivity contribution in [1.29, 1.82) is 0 Å². The van der Waals surface area contributed by atoms with Gasteiger partial charge in [0.1, 0.15) is 0 Å². The van der Waals surface area contributed by atoms with Crippen LogP contribution in [0.3, 0.4) is 0 Å². The molecular weight excluding hydrogens is 290 g/mol. The molecule has 0 aliphatic carbocycles. The van der Waals surface area contributed by atoms with E-state index >= 15 is 0 Å². The van der Waals surface area contributed by atoms with E-state index in [4.69, 9.17) is 0 Å². The van der Waals surface area contributed by atoms with Crippen LogP contribution >= 0.6 is 0 Å². The number of amides is 1. The molecule has 5 heteroatoms. The second-order valence-electron chi connectivity index (χ2n) is 7.19. The van der Waals surface area contributed by atoms with Crippen molar-refractivity contribution in [3.63, 3.8) is 0 Å². The Hall–Kier alpha value is -1.62. The predicted molar refractivity (Wildman–Crippen MR) is 90.2 cm³/mol. The maximum atomic E-state index is 12.8. The molecule has 0 unspecified atom stereocenters. The molecule has 2 aliphatic rings. The Labute approximate surface area is 137 Å². The summed E-state index contributed by atoms with van der Waals surface area (Å²) in [6, 6.07) is 2.28. The van der Waals surface area contributed by atoms with E-state index in [0.29, 0.717) is 18.5 Å². The van der Waals surface area contributed by atoms with Crippen LogP contribution in [0.2, 0.25) is 0 Å². The lowest BCUT2D eigenvalue weighted by Crippen LogP contribution is -2.46. The largest absolute Gasteiger partial charge is 0.338 e. The summed E-state index contributed by atoms with van der Waals surface area (Å²) in [5.74, 6) is 0.465. The maximum Gasteiger partial charge on any atom is 0.250 e. The molecule has 2 aliphatic heterocycles. The first-order chi connectivity index (χ1) is 11.0. The van der Waals surface area contributed by atoms with Crippen molar-refractivity contribution in [3.8, 4) is 0 Å². The van der Waals surface area contributed by atoms with Gasteiger partial charge >= 0.3 is 0 Å². The van der Waals surface area contributed by atoms with Crippen LogP contribution in [0.1, 0.15) is 37.8 Å². The zero-order chi connectivity index (χ0) is 16.6. The summed E-state index contributed by atoms with van der Waals surface area (Å²) in [6.45, 7) is 7.86. The Morgan fingerprint density at radius 1 is 1.17 bits per heavy atom. The molecule has 1 aromatic heterocycles. The quantitative estimate of drug-likeness (QED) is 0.828. The second-order valence-corrected chi connectivity index (χ2v) is 7.19. The Morgan fingerprint density at radius 2 is 1.87 bits per heavy atom. The van der Waals surface area contributed by atoms with Gasteiger partial charge in [-0.05, 0) is 57.3 Å². The number of rotatable bonds is 2. The van der Waals surface area contributed by atoms with Crippen molar-refractivity contribution in [2.75, 3.05) is 19.6 Å². The number of hydrogen-bond donors (Lipinski definition) is 0. The first-order valence-electron chi connectivity index (χ1n) is 8.67. The average Bonchev–Trinajstić information content (AvgIpc) is 2.55. The number of aryl methyl sites for hydroxylation is 1. The normalized spacial score (nSPS) is 19.9. The second kappa shape index (κ2) is 6.48. The van der Waals surface area contributed by atoms with Gasteiger partial charge in [-0.3, -0.25) is 9.59 Å². The number of carbonyl (C=O) groups excluding carboxylic acids is 1. The molecule has 1 fully saturated rings. The highest BCUT2D eigenvalue weighted by Crippen LogP contribution is 2.24. The Balaban J connectivity index is 1.65. The predicted octanol–water partition coefficient (Wildman–Crippen LogP) is 1.39. The number of hydrogen-bond acceptors (Lipinski definition) is 3. The highest BCUT2D eigenvalue weighted by atomic mass is 16.2. The SMILES string of the molecule is CC(C)N1CCC(C(=O)N2CCc3cc(=O)n(C)cc3C2)CC1. The monoisotopic (exact) mass is 317 g/mol. The highest BCUT2D eigenvalue weighted by molar-refractivity contribution is 5.79. The summed E-state index contributed by atoms with van der Waals surface area (Å²) in [5, 5.41) is 0. The van der Waals surface area contributed by atoms with E-state index in [1.807, 2.05) is 11.1 Å². The van der Waals surface area contributed by atoms with E-state index in [9.17, 15) is 9.59 Å². The molecule has 0 bridgehead atoms. The third kappa shape index (κ3) is 3.34. The van der Waals surface area contributed by atoms with Crippen molar-refractivity contribution < 1.29 is 4.79 Å². The van der Waals surface area contributed by atoms with Gasteiger partial charge in [0, 0.05) is 44.4 Å². The molecule has 0 radical (unpaired) electrons. The number of piperidine rings is 1. The van der Waals surface area contributed by atoms with E-state index in [1.165, 1.54) is 0 Å². The summed E-state index contributed by atoms with van der Waals surface area (Å²) in [4.78, 5) is 29.0. The van der Waals surface area contributed by atoms with Crippen molar-refractivity contribution in [2.45, 2.75) is 45.7 Å². The van der Waals surface area contributed by atoms with Gasteiger partial charge in [0.2, 0.25) is 5.91 Å². The summed E-state index contributed by atoms with van der Waals surface area (Å²) in [7, 11) is 1.77. The van der Waals surface area contributed by atoms with Crippen LogP contribution in [0.5, 0.6) is 0 Å². The molecule has 0 N–H and O–H groups in total. The first-order valence-corrected chi connectivity index (χ1v) is 8.67. The minimum atomic E-state index is 0.0320. The molecule has 0 saturated carbocycles. The van der Waals surface area contributed by atoms with Crippen LogP contribution < -0.4 is 5.56 Å². The number of pyridine rings is 1. The summed E-state index contributed by atoms with van der Waals surface area (Å²) in [6.07, 6.45) is 4.61. The van der Waals surface area contributed by atoms with Crippen LogP contribution in [0.15, 0.2) is 17.1 Å². The van der Waals surface area contributed by atoms with E-state index in [1.54, 1.807) is 17.7 Å². The van der Waals surface area contributed by atoms with Gasteiger partial charge < -0.3 is 14.4 Å². The zero-order valence-corrected chi connectivity index (χ0v) is 14.4. The summed E-state index contributed by atoms with van der Waals surface area (Å²) >= 11 is 0. The fourth-order valence-corrected chi connectivity index (χ4v) is 3.75. The van der Waals surface area contributed by atoms with Crippen molar-refractivity contribution in [3.05, 3.63) is 33.7 Å². The van der Waals surface area contributed by atoms with Gasteiger partial charge in [0.05, 0.1) is 0 Å². The van der Waals surface area contributed by atoms with Gasteiger partial charge in [-0.2, -0.15) is 0 Å². The van der Waals surface area contributed by atoms with Crippen molar-refractivity contribution >= 4 is 5.91 Å². The molecule has 0 spiro atoms. The Morgan fingerprint density at radius 3 is 2.52 bits per heavy atom. The fraction of sp³-hybridized carbons (Fsp3) is 0.667. The third-order valence-electron chi connectivity index (χ3n) is 5.34. The minimum Gasteiger partial charge on any atom is -0.338 e. The smallest absolute Gasteiger partial charge is 0.250 e. The number of aromatic nitrogens is 1. The Bertz CT molecular complexity index is 642. The van der Waals surface area contributed by atoms with Gasteiger partial charge in [-0.25, -0.2) is 0 Å². The fourth-order valence-electron chi connectivity index (χ4n) is 3.75. The molecular formula is C18H27N3O2. The number of nitrogens with zero attached hydrogens (tertiary/aromatic N) is 3. The van der Waals surface area contributed by atoms with E-state index < -0.39 is 0 Å². The van der Waals surface area contributed by atoms with Crippen LogP contribution in [0, 0.1) is 5.92 Å². The third-order valence-corrected chi connectivity index (χ3v) is 5.34. The molecule has 3 rings (SSSR count). The van der Waals surface area contributed by atoms with Crippen LogP contribution in [0.4, 0.5) is 0 Å². The topological polar surface area (TPSA) is 45.6 Å². The standard InChI is InChI=1S/C18H27N3O2/c1-13(2)20-7-4-14(5-8-20)18(23)21-9-6-15-10-17(22)19(3)11-16(15)12-21/h10-11,13-14H,4-9,12H2,1-3H3. The molecule has 0 aromatic carbocycles. The first kappa shape index (κ1) is 16.2. The van der Waals surface area contributed by atoms with Gasteiger partial charge in [-0.15, -0.1) is 0 Å². The number of carbonyl (C=O) groups is 1. The molecule has 126 valence electrons. The van der Waals surface area contributed by atoms with Crippen molar-refractivity contribution in [2.24, 2.45) is 13.0 Å². The molecule has 0 atom stereocenters.